The lowest BCUT2D eigenvalue weighted by Crippen LogP contribution is -2.16. The minimum absolute atomic E-state index is 0.287. The highest BCUT2D eigenvalue weighted by molar-refractivity contribution is 5.75. The Hall–Kier alpha value is -0.590. The third-order valence-corrected chi connectivity index (χ3v) is 6.61. The van der Waals surface area contributed by atoms with Gasteiger partial charge in [-0.15, -0.1) is 0 Å². The van der Waals surface area contributed by atoms with Gasteiger partial charge < -0.3 is 4.79 Å². The Morgan fingerprint density at radius 2 is 1.60 bits per heavy atom. The second-order valence-corrected chi connectivity index (χ2v) is 8.98. The Labute approximate surface area is 158 Å². The largest absolute Gasteiger partial charge is 0.300 e. The molecule has 2 aliphatic carbocycles. The van der Waals surface area contributed by atoms with Crippen molar-refractivity contribution >= 4 is 5.78 Å². The summed E-state index contributed by atoms with van der Waals surface area (Å²) in [5, 5.41) is 0. The Bertz CT molecular complexity index is 376. The summed E-state index contributed by atoms with van der Waals surface area (Å²) >= 11 is 0. The lowest BCUT2D eigenvalue weighted by molar-refractivity contribution is -0.117. The molecular weight excluding hydrogens is 304 g/mol. The number of allylic oxidation sites excluding steroid dienone is 1. The van der Waals surface area contributed by atoms with Crippen LogP contribution in [0, 0.1) is 23.7 Å². The van der Waals surface area contributed by atoms with E-state index >= 15 is 0 Å². The van der Waals surface area contributed by atoms with E-state index in [-0.39, 0.29) is 5.78 Å². The van der Waals surface area contributed by atoms with Gasteiger partial charge in [-0.1, -0.05) is 90.7 Å². The number of Topliss-reactive ketones (excluding diaryl/α,β-unsaturated/α-hetero) is 1. The van der Waals surface area contributed by atoms with E-state index < -0.39 is 0 Å². The van der Waals surface area contributed by atoms with E-state index in [1.165, 1.54) is 76.2 Å². The quantitative estimate of drug-likeness (QED) is 0.430. The van der Waals surface area contributed by atoms with E-state index in [2.05, 4.69) is 27.4 Å². The number of ketones is 1. The zero-order valence-corrected chi connectivity index (χ0v) is 17.6. The molecule has 146 valence electrons. The maximum absolute atomic E-state index is 10.8. The number of hydrogen-bond donors (Lipinski definition) is 0. The molecule has 2 unspecified atom stereocenters. The van der Waals surface area contributed by atoms with Gasteiger partial charge in [0.2, 0.25) is 0 Å². The molecule has 1 heteroatoms. The minimum Gasteiger partial charge on any atom is -0.300 e. The van der Waals surface area contributed by atoms with Crippen LogP contribution in [0.15, 0.2) is 12.2 Å². The summed E-state index contributed by atoms with van der Waals surface area (Å²) in [4.78, 5) is 10.8. The molecule has 2 saturated carbocycles. The molecule has 0 aromatic carbocycles. The van der Waals surface area contributed by atoms with E-state index in [9.17, 15) is 4.79 Å². The van der Waals surface area contributed by atoms with Crippen LogP contribution in [0.5, 0.6) is 0 Å². The van der Waals surface area contributed by atoms with Crippen molar-refractivity contribution in [3.8, 4) is 0 Å². The smallest absolute Gasteiger partial charge is 0.130 e. The fourth-order valence-electron chi connectivity index (χ4n) is 4.50. The molecule has 2 rings (SSSR count). The third kappa shape index (κ3) is 9.61. The SMILES string of the molecule is C=C(CCC(C)=O)C1CCC(C)CC1.CCCCC1CCCCC1C. The van der Waals surface area contributed by atoms with Crippen LogP contribution in [0.2, 0.25) is 0 Å². The van der Waals surface area contributed by atoms with Crippen LogP contribution in [0.1, 0.15) is 111 Å². The highest BCUT2D eigenvalue weighted by Crippen LogP contribution is 2.34. The first-order valence-corrected chi connectivity index (χ1v) is 11.1. The summed E-state index contributed by atoms with van der Waals surface area (Å²) in [6, 6.07) is 0. The van der Waals surface area contributed by atoms with Crippen LogP contribution in [0.3, 0.4) is 0 Å². The van der Waals surface area contributed by atoms with Crippen molar-refractivity contribution in [2.75, 3.05) is 0 Å². The Kier molecular flexibility index (Phi) is 11.4. The van der Waals surface area contributed by atoms with E-state index in [0.717, 1.165) is 24.2 Å². The monoisotopic (exact) mass is 348 g/mol. The van der Waals surface area contributed by atoms with Crippen LogP contribution in [-0.4, -0.2) is 5.78 Å². The predicted molar refractivity (Wildman–Crippen MR) is 111 cm³/mol. The molecule has 0 aromatic heterocycles. The lowest BCUT2D eigenvalue weighted by atomic mass is 9.78. The second-order valence-electron chi connectivity index (χ2n) is 8.98. The maximum Gasteiger partial charge on any atom is 0.130 e. The van der Waals surface area contributed by atoms with Gasteiger partial charge in [0.05, 0.1) is 0 Å². The molecule has 2 aliphatic rings. The molecule has 0 aromatic rings. The zero-order valence-electron chi connectivity index (χ0n) is 17.6. The number of carbonyl (C=O) groups excluding carboxylic acids is 1. The summed E-state index contributed by atoms with van der Waals surface area (Å²) in [5.74, 6) is 3.98. The molecule has 2 fully saturated rings. The summed E-state index contributed by atoms with van der Waals surface area (Å²) in [6.45, 7) is 12.9. The predicted octanol–water partition coefficient (Wildman–Crippen LogP) is 7.74. The van der Waals surface area contributed by atoms with Crippen LogP contribution in [0.25, 0.3) is 0 Å². The third-order valence-electron chi connectivity index (χ3n) is 6.61. The standard InChI is InChI=1S/C13H22O.C11H22/c1-10-4-8-13(9-5-10)11(2)6-7-12(3)14;1-3-4-8-11-9-6-5-7-10(11)2/h10,13H,2,4-9H2,1,3H3;10-11H,3-9H2,1-2H3. The summed E-state index contributed by atoms with van der Waals surface area (Å²) in [7, 11) is 0. The molecule has 0 bridgehead atoms. The van der Waals surface area contributed by atoms with Gasteiger partial charge in [-0.3, -0.25) is 0 Å². The van der Waals surface area contributed by atoms with Crippen LogP contribution in [0.4, 0.5) is 0 Å². The van der Waals surface area contributed by atoms with E-state index in [4.69, 9.17) is 0 Å². The van der Waals surface area contributed by atoms with E-state index in [1.807, 2.05) is 0 Å². The molecule has 0 spiro atoms. The van der Waals surface area contributed by atoms with E-state index in [1.54, 1.807) is 6.92 Å². The van der Waals surface area contributed by atoms with Gasteiger partial charge in [-0.2, -0.15) is 0 Å². The fourth-order valence-corrected chi connectivity index (χ4v) is 4.50. The number of carbonyl (C=O) groups is 1. The van der Waals surface area contributed by atoms with Gasteiger partial charge in [-0.05, 0) is 49.9 Å². The fraction of sp³-hybridized carbons (Fsp3) is 0.875. The molecule has 0 saturated heterocycles. The van der Waals surface area contributed by atoms with Gasteiger partial charge in [0.15, 0.2) is 0 Å². The van der Waals surface area contributed by atoms with Crippen molar-refractivity contribution in [3.05, 3.63) is 12.2 Å². The molecule has 0 amide bonds. The highest BCUT2D eigenvalue weighted by Gasteiger charge is 2.20. The molecule has 0 aliphatic heterocycles. The van der Waals surface area contributed by atoms with Gasteiger partial charge in [0, 0.05) is 6.42 Å². The van der Waals surface area contributed by atoms with Crippen molar-refractivity contribution in [1.82, 2.24) is 0 Å². The average Bonchev–Trinajstić information content (AvgIpc) is 2.60. The van der Waals surface area contributed by atoms with Gasteiger partial charge in [0.1, 0.15) is 5.78 Å². The van der Waals surface area contributed by atoms with Crippen LogP contribution >= 0.6 is 0 Å². The zero-order chi connectivity index (χ0) is 18.7. The highest BCUT2D eigenvalue weighted by atomic mass is 16.1. The first kappa shape index (κ1) is 22.5. The van der Waals surface area contributed by atoms with Crippen molar-refractivity contribution in [2.24, 2.45) is 23.7 Å². The van der Waals surface area contributed by atoms with Crippen molar-refractivity contribution in [1.29, 1.82) is 0 Å². The second kappa shape index (κ2) is 12.7. The molecular formula is C24H44O. The molecule has 25 heavy (non-hydrogen) atoms. The maximum atomic E-state index is 10.8. The number of rotatable bonds is 7. The van der Waals surface area contributed by atoms with Crippen molar-refractivity contribution in [2.45, 2.75) is 111 Å². The lowest BCUT2D eigenvalue weighted by Gasteiger charge is -2.28. The topological polar surface area (TPSA) is 17.1 Å². The summed E-state index contributed by atoms with van der Waals surface area (Å²) in [5.41, 5.74) is 1.31. The molecule has 2 atom stereocenters. The molecule has 0 radical (unpaired) electrons. The van der Waals surface area contributed by atoms with Gasteiger partial charge >= 0.3 is 0 Å². The number of unbranched alkanes of at least 4 members (excludes halogenated alkanes) is 1. The minimum atomic E-state index is 0.287. The van der Waals surface area contributed by atoms with Crippen molar-refractivity contribution in [3.63, 3.8) is 0 Å². The van der Waals surface area contributed by atoms with Gasteiger partial charge in [0.25, 0.3) is 0 Å². The summed E-state index contributed by atoms with van der Waals surface area (Å²) < 4.78 is 0. The Morgan fingerprint density at radius 3 is 2.16 bits per heavy atom. The number of hydrogen-bond acceptors (Lipinski definition) is 1. The first-order valence-electron chi connectivity index (χ1n) is 11.1. The van der Waals surface area contributed by atoms with Crippen LogP contribution in [-0.2, 0) is 4.79 Å². The van der Waals surface area contributed by atoms with E-state index in [0.29, 0.717) is 12.3 Å². The van der Waals surface area contributed by atoms with Gasteiger partial charge in [-0.25, -0.2) is 0 Å². The summed E-state index contributed by atoms with van der Waals surface area (Å²) in [6.07, 6.45) is 17.2. The Balaban J connectivity index is 0.000000257. The molecule has 0 heterocycles. The van der Waals surface area contributed by atoms with Crippen molar-refractivity contribution < 1.29 is 4.79 Å². The molecule has 0 N–H and O–H groups in total. The van der Waals surface area contributed by atoms with Crippen LogP contribution < -0.4 is 0 Å². The average molecular weight is 349 g/mol. The molecule has 1 nitrogen and oxygen atoms in total. The first-order chi connectivity index (χ1) is 11.9. The Morgan fingerprint density at radius 1 is 0.960 bits per heavy atom. The normalized spacial score (nSPS) is 29.4.